The molecule has 190 valence electrons. The van der Waals surface area contributed by atoms with Crippen LogP contribution in [-0.4, -0.2) is 30.9 Å². The molecule has 34 heavy (non-hydrogen) atoms. The summed E-state index contributed by atoms with van der Waals surface area (Å²) in [6, 6.07) is 8.99. The van der Waals surface area contributed by atoms with Crippen molar-refractivity contribution >= 4 is 11.9 Å². The molecular weight excluding hydrogens is 414 g/mol. The second-order valence-corrected chi connectivity index (χ2v) is 12.8. The van der Waals surface area contributed by atoms with E-state index in [2.05, 4.69) is 72.1 Å². The van der Waals surface area contributed by atoms with Gasteiger partial charge in [-0.1, -0.05) is 103 Å². The van der Waals surface area contributed by atoms with E-state index in [1.54, 1.807) is 0 Å². The molecule has 2 atom stereocenters. The molecule has 0 heterocycles. The first kappa shape index (κ1) is 27.2. The van der Waals surface area contributed by atoms with E-state index in [1.807, 2.05) is 0 Å². The predicted octanol–water partition coefficient (Wildman–Crippen LogP) is 8.59. The highest BCUT2D eigenvalue weighted by Gasteiger charge is 2.63. The van der Waals surface area contributed by atoms with Crippen LogP contribution < -0.4 is 0 Å². The summed E-state index contributed by atoms with van der Waals surface area (Å²) in [6.07, 6.45) is 18.4. The number of carbonyl (C=O) groups excluding carboxylic acids is 1. The average molecular weight is 467 g/mol. The number of rotatable bonds is 14. The number of hydrogen-bond acceptors (Lipinski definition) is 1. The van der Waals surface area contributed by atoms with Gasteiger partial charge in [0.05, 0.1) is 20.6 Å². The van der Waals surface area contributed by atoms with Crippen molar-refractivity contribution in [1.29, 1.82) is 0 Å². The van der Waals surface area contributed by atoms with Crippen molar-refractivity contribution in [2.75, 3.05) is 20.6 Å². The Morgan fingerprint density at radius 3 is 1.97 bits per heavy atom. The Labute approximate surface area is 210 Å². The van der Waals surface area contributed by atoms with E-state index in [9.17, 15) is 4.79 Å². The number of ketones is 1. The van der Waals surface area contributed by atoms with Gasteiger partial charge in [0.25, 0.3) is 0 Å². The molecule has 2 aliphatic carbocycles. The van der Waals surface area contributed by atoms with Crippen molar-refractivity contribution in [3.8, 4) is 0 Å². The molecule has 0 radical (unpaired) electrons. The fourth-order valence-electron chi connectivity index (χ4n) is 6.59. The molecule has 2 fully saturated rings. The van der Waals surface area contributed by atoms with E-state index in [-0.39, 0.29) is 10.8 Å². The number of unbranched alkanes of at least 4 members (excludes halogenated alkanes) is 9. The average Bonchev–Trinajstić information content (AvgIpc) is 3.09. The molecule has 0 spiro atoms. The zero-order valence-electron chi connectivity index (χ0n) is 23.2. The molecule has 2 heteroatoms. The summed E-state index contributed by atoms with van der Waals surface area (Å²) in [7, 11) is 4.72. The summed E-state index contributed by atoms with van der Waals surface area (Å²) in [5, 5.41) is 0. The highest BCUT2D eigenvalue weighted by molar-refractivity contribution is 6.07. The minimum Gasteiger partial charge on any atom is -0.325 e. The van der Waals surface area contributed by atoms with E-state index in [4.69, 9.17) is 0 Å². The fraction of sp³-hybridized carbons (Fsp3) is 0.719. The Hall–Kier alpha value is -1.41. The Morgan fingerprint density at radius 1 is 0.882 bits per heavy atom. The highest BCUT2D eigenvalue weighted by Crippen LogP contribution is 2.65. The molecule has 0 saturated heterocycles. The maximum Gasteiger partial charge on any atom is 0.165 e. The summed E-state index contributed by atoms with van der Waals surface area (Å²) in [5.74, 6) is 0.813. The van der Waals surface area contributed by atoms with Crippen LogP contribution in [0.5, 0.6) is 0 Å². The summed E-state index contributed by atoms with van der Waals surface area (Å²) in [6.45, 7) is 11.4. The molecule has 0 N–H and O–H groups in total. The van der Waals surface area contributed by atoms with E-state index >= 15 is 0 Å². The Balaban J connectivity index is 1.42. The topological polar surface area (TPSA) is 17.1 Å². The molecule has 0 aromatic heterocycles. The second kappa shape index (κ2) is 11.5. The Kier molecular flexibility index (Phi) is 9.23. The highest BCUT2D eigenvalue weighted by atomic mass is 16.1. The maximum atomic E-state index is 13.1. The largest absolute Gasteiger partial charge is 0.325 e. The van der Waals surface area contributed by atoms with Gasteiger partial charge in [-0.05, 0) is 54.2 Å². The lowest BCUT2D eigenvalue weighted by molar-refractivity contribution is -0.903. The van der Waals surface area contributed by atoms with Crippen molar-refractivity contribution in [3.05, 3.63) is 41.0 Å². The lowest BCUT2D eigenvalue weighted by atomic mass is 9.70. The molecule has 1 aromatic carbocycles. The molecule has 3 rings (SSSR count). The lowest BCUT2D eigenvalue weighted by Gasteiger charge is -2.31. The lowest BCUT2D eigenvalue weighted by Crippen LogP contribution is -2.39. The predicted molar refractivity (Wildman–Crippen MR) is 147 cm³/mol. The standard InChI is InChI=1S/C32H52NO/c1-7-8-9-10-11-12-13-14-15-16-23-33(5,6)25-27-19-17-26(18-20-27)24-28-29-21-22-32(4,30(28)34)31(29,2)3/h17-20,24,29H,7-16,21-23,25H2,1-6H3/q+1. The van der Waals surface area contributed by atoms with Gasteiger partial charge in [-0.3, -0.25) is 4.79 Å². The van der Waals surface area contributed by atoms with Gasteiger partial charge in [-0.2, -0.15) is 0 Å². The quantitative estimate of drug-likeness (QED) is 0.152. The monoisotopic (exact) mass is 466 g/mol. The van der Waals surface area contributed by atoms with Gasteiger partial charge in [0.2, 0.25) is 0 Å². The fourth-order valence-corrected chi connectivity index (χ4v) is 6.59. The van der Waals surface area contributed by atoms with E-state index in [0.29, 0.717) is 11.7 Å². The van der Waals surface area contributed by atoms with Crippen LogP contribution in [0.2, 0.25) is 0 Å². The molecule has 1 aromatic rings. The van der Waals surface area contributed by atoms with E-state index in [1.165, 1.54) is 81.9 Å². The summed E-state index contributed by atoms with van der Waals surface area (Å²) >= 11 is 0. The molecule has 2 nitrogen and oxygen atoms in total. The van der Waals surface area contributed by atoms with Crippen LogP contribution in [0.4, 0.5) is 0 Å². The van der Waals surface area contributed by atoms with Gasteiger partial charge in [-0.15, -0.1) is 0 Å². The summed E-state index contributed by atoms with van der Waals surface area (Å²) in [4.78, 5) is 13.1. The van der Waals surface area contributed by atoms with Crippen LogP contribution in [0.15, 0.2) is 29.8 Å². The first-order chi connectivity index (χ1) is 16.1. The number of Topliss-reactive ketones (excluding diaryl/α,β-unsaturated/α-hetero) is 1. The second-order valence-electron chi connectivity index (χ2n) is 12.8. The smallest absolute Gasteiger partial charge is 0.165 e. The normalized spacial score (nSPS) is 24.9. The molecule has 0 aliphatic heterocycles. The van der Waals surface area contributed by atoms with Crippen molar-refractivity contribution in [2.24, 2.45) is 16.7 Å². The van der Waals surface area contributed by atoms with Gasteiger partial charge in [0.15, 0.2) is 5.78 Å². The number of nitrogens with zero attached hydrogens (tertiary/aromatic N) is 1. The minimum absolute atomic E-state index is 0.0893. The zero-order chi connectivity index (χ0) is 24.8. The van der Waals surface area contributed by atoms with Crippen LogP contribution in [0.1, 0.15) is 116 Å². The van der Waals surface area contributed by atoms with Crippen molar-refractivity contribution in [1.82, 2.24) is 0 Å². The number of allylic oxidation sites excluding steroid dienone is 1. The van der Waals surface area contributed by atoms with Crippen LogP contribution in [-0.2, 0) is 11.3 Å². The number of benzene rings is 1. The number of hydrogen-bond donors (Lipinski definition) is 0. The Bertz CT molecular complexity index is 831. The number of quaternary nitrogens is 1. The third-order valence-electron chi connectivity index (χ3n) is 9.39. The molecule has 2 bridgehead atoms. The van der Waals surface area contributed by atoms with Gasteiger partial charge >= 0.3 is 0 Å². The van der Waals surface area contributed by atoms with Crippen LogP contribution in [0.25, 0.3) is 6.08 Å². The van der Waals surface area contributed by atoms with Crippen LogP contribution in [0, 0.1) is 16.7 Å². The number of carbonyl (C=O) groups is 1. The maximum absolute atomic E-state index is 13.1. The molecule has 2 aliphatic rings. The van der Waals surface area contributed by atoms with Crippen LogP contribution >= 0.6 is 0 Å². The van der Waals surface area contributed by atoms with E-state index in [0.717, 1.165) is 29.4 Å². The minimum atomic E-state index is -0.167. The van der Waals surface area contributed by atoms with E-state index < -0.39 is 0 Å². The molecular formula is C32H52NO+. The third-order valence-corrected chi connectivity index (χ3v) is 9.39. The first-order valence-electron chi connectivity index (χ1n) is 14.3. The van der Waals surface area contributed by atoms with Crippen molar-refractivity contribution < 1.29 is 9.28 Å². The first-order valence-corrected chi connectivity index (χ1v) is 14.3. The van der Waals surface area contributed by atoms with Gasteiger partial charge < -0.3 is 4.48 Å². The van der Waals surface area contributed by atoms with Gasteiger partial charge in [-0.25, -0.2) is 0 Å². The summed E-state index contributed by atoms with van der Waals surface area (Å²) in [5.41, 5.74) is 3.57. The molecule has 0 amide bonds. The van der Waals surface area contributed by atoms with Gasteiger partial charge in [0.1, 0.15) is 6.54 Å². The van der Waals surface area contributed by atoms with Crippen molar-refractivity contribution in [3.63, 3.8) is 0 Å². The number of fused-ring (bicyclic) bond motifs is 2. The summed E-state index contributed by atoms with van der Waals surface area (Å²) < 4.78 is 1.05. The van der Waals surface area contributed by atoms with Crippen LogP contribution in [0.3, 0.4) is 0 Å². The SMILES string of the molecule is CCCCCCCCCCCC[N+](C)(C)Cc1ccc(C=C2C(=O)C3(C)CCC2C3(C)C)cc1. The Morgan fingerprint density at radius 2 is 1.44 bits per heavy atom. The van der Waals surface area contributed by atoms with Gasteiger partial charge in [0, 0.05) is 11.0 Å². The van der Waals surface area contributed by atoms with Crippen molar-refractivity contribution in [2.45, 2.75) is 111 Å². The molecule has 2 saturated carbocycles. The third kappa shape index (κ3) is 6.23. The zero-order valence-corrected chi connectivity index (χ0v) is 23.2. The molecule has 2 unspecified atom stereocenters.